The Morgan fingerprint density at radius 3 is 2.19 bits per heavy atom. The first-order chi connectivity index (χ1) is 34.2. The van der Waals surface area contributed by atoms with Gasteiger partial charge >= 0.3 is 0 Å². The number of likely N-dealkylation sites (tertiary alicyclic amines) is 1. The number of primary amides is 1. The third kappa shape index (κ3) is 19.7. The summed E-state index contributed by atoms with van der Waals surface area (Å²) in [4.78, 5) is 127. The van der Waals surface area contributed by atoms with Crippen LogP contribution in [-0.2, 0) is 56.0 Å². The van der Waals surface area contributed by atoms with Gasteiger partial charge in [-0.2, -0.15) is 11.8 Å². The van der Waals surface area contributed by atoms with E-state index in [4.69, 9.17) is 28.5 Å². The molecule has 2 aromatic rings. The van der Waals surface area contributed by atoms with Gasteiger partial charge in [-0.3, -0.25) is 48.6 Å². The van der Waals surface area contributed by atoms with E-state index in [1.807, 2.05) is 19.2 Å². The number of carbonyl (C=O) groups is 9. The number of rotatable bonds is 19. The van der Waals surface area contributed by atoms with Crippen molar-refractivity contribution < 1.29 is 43.2 Å². The molecule has 1 aromatic heterocycles. The molecule has 0 aliphatic carbocycles. The zero-order valence-corrected chi connectivity index (χ0v) is 43.7. The minimum atomic E-state index is -1.61. The molecule has 4 rings (SSSR count). The van der Waals surface area contributed by atoms with Crippen LogP contribution in [0.3, 0.4) is 0 Å². The number of nitrogens with one attached hydrogen (secondary N) is 9. The van der Waals surface area contributed by atoms with Crippen LogP contribution in [0, 0.1) is 17.2 Å². The molecule has 0 saturated carbocycles. The van der Waals surface area contributed by atoms with E-state index in [0.29, 0.717) is 42.3 Å². The minimum Gasteiger partial charge on any atom is -0.387 e. The first kappa shape index (κ1) is 58.8. The predicted molar refractivity (Wildman–Crippen MR) is 277 cm³/mol. The highest BCUT2D eigenvalue weighted by Crippen LogP contribution is 2.22. The molecule has 7 atom stereocenters. The standard InChI is InChI=1S/C48H71ClN12O9S2/c1-27(2)24-54-42(64)32(10-5-17-53-25-38(50)51)56-46(68)37-11-6-18-61(37)48(70)36-26-71-19-8-12-40(63)55-33(21-29-13-15-30(49)16-14-29)43(65)57-34(22-31-9-7-20-72-31)45(67)60-41(28(3)4)47(69)58-35(23-39(52)62)44(66)59-36/h7,9,13-16,20,27-28,32-37,41,53H,5-6,8,10-12,17-19,21-26H2,1-4H3,(H3,50,51)(H2,52,62)(H,54,64)(H,55,63)(H,56,68)(H,57,65)(H,58,69)(H,59,66)(H,60,67)/t32-,33+,34+,35+,36+,37+,41+/m1/s1. The molecule has 9 amide bonds. The second-order valence-electron chi connectivity index (χ2n) is 18.7. The Balaban J connectivity index is 1.64. The quantitative estimate of drug-likeness (QED) is 0.0512. The number of hydrogen-bond donors (Lipinski definition) is 11. The van der Waals surface area contributed by atoms with Crippen molar-refractivity contribution in [2.45, 2.75) is 128 Å². The van der Waals surface area contributed by atoms with Gasteiger partial charge in [0.2, 0.25) is 53.2 Å². The molecule has 3 heterocycles. The Morgan fingerprint density at radius 1 is 0.861 bits per heavy atom. The zero-order chi connectivity index (χ0) is 52.9. The predicted octanol–water partition coefficient (Wildman–Crippen LogP) is 0.223. The van der Waals surface area contributed by atoms with Crippen molar-refractivity contribution in [1.82, 2.24) is 47.4 Å². The van der Waals surface area contributed by atoms with E-state index in [1.165, 1.54) is 28.0 Å². The molecule has 2 saturated heterocycles. The van der Waals surface area contributed by atoms with Gasteiger partial charge in [0.15, 0.2) is 0 Å². The summed E-state index contributed by atoms with van der Waals surface area (Å²) in [6.07, 6.45) is 1.05. The van der Waals surface area contributed by atoms with E-state index in [-0.39, 0.29) is 69.1 Å². The number of thiophene rings is 1. The lowest BCUT2D eigenvalue weighted by molar-refractivity contribution is -0.142. The van der Waals surface area contributed by atoms with Crippen molar-refractivity contribution in [3.05, 3.63) is 57.2 Å². The number of carbonyl (C=O) groups excluding carboxylic acids is 9. The molecule has 2 aliphatic rings. The highest BCUT2D eigenvalue weighted by Gasteiger charge is 2.40. The topological polar surface area (TPSA) is 329 Å². The van der Waals surface area contributed by atoms with Gasteiger partial charge in [0, 0.05) is 48.0 Å². The third-order valence-electron chi connectivity index (χ3n) is 11.8. The Labute approximate surface area is 433 Å². The molecule has 0 bridgehead atoms. The van der Waals surface area contributed by atoms with Crippen molar-refractivity contribution in [1.29, 1.82) is 5.41 Å². The molecule has 2 fully saturated rings. The molecule has 0 unspecified atom stereocenters. The number of nitrogens with two attached hydrogens (primary N) is 2. The number of benzene rings is 1. The lowest BCUT2D eigenvalue weighted by Crippen LogP contribution is -2.61. The van der Waals surface area contributed by atoms with Crippen LogP contribution in [0.15, 0.2) is 41.8 Å². The average Bonchev–Trinajstić information content (AvgIpc) is 4.04. The van der Waals surface area contributed by atoms with E-state index in [9.17, 15) is 43.2 Å². The molecular weight excluding hydrogens is 988 g/mol. The number of thioether (sulfide) groups is 1. The summed E-state index contributed by atoms with van der Waals surface area (Å²) in [6, 6.07) is 1.79. The molecular formula is C48H71ClN12O9S2. The fourth-order valence-corrected chi connectivity index (χ4v) is 9.86. The molecule has 1 aromatic carbocycles. The van der Waals surface area contributed by atoms with E-state index in [1.54, 1.807) is 50.2 Å². The van der Waals surface area contributed by atoms with Crippen molar-refractivity contribution in [3.8, 4) is 0 Å². The lowest BCUT2D eigenvalue weighted by atomic mass is 10.0. The summed E-state index contributed by atoms with van der Waals surface area (Å²) >= 11 is 8.72. The van der Waals surface area contributed by atoms with E-state index in [2.05, 4.69) is 42.5 Å². The van der Waals surface area contributed by atoms with Crippen LogP contribution in [0.4, 0.5) is 0 Å². The van der Waals surface area contributed by atoms with Gasteiger partial charge in [0.25, 0.3) is 0 Å². The number of amidine groups is 1. The van der Waals surface area contributed by atoms with Gasteiger partial charge in [-0.25, -0.2) is 0 Å². The maximum absolute atomic E-state index is 14.6. The molecule has 396 valence electrons. The molecule has 13 N–H and O–H groups in total. The van der Waals surface area contributed by atoms with Gasteiger partial charge in [-0.05, 0) is 85.4 Å². The summed E-state index contributed by atoms with van der Waals surface area (Å²) in [5.41, 5.74) is 11.7. The van der Waals surface area contributed by atoms with Gasteiger partial charge in [0.05, 0.1) is 13.0 Å². The lowest BCUT2D eigenvalue weighted by Gasteiger charge is -2.31. The fraction of sp³-hybridized carbons (Fsp3) is 0.583. The second-order valence-corrected chi connectivity index (χ2v) is 21.3. The summed E-state index contributed by atoms with van der Waals surface area (Å²) in [7, 11) is 0. The monoisotopic (exact) mass is 1060 g/mol. The average molecular weight is 1060 g/mol. The van der Waals surface area contributed by atoms with Crippen molar-refractivity contribution in [2.24, 2.45) is 23.3 Å². The fourth-order valence-electron chi connectivity index (χ4n) is 8.01. The number of amides is 9. The first-order valence-electron chi connectivity index (χ1n) is 24.3. The molecule has 0 radical (unpaired) electrons. The molecule has 24 heteroatoms. The SMILES string of the molecule is CC(C)CNC(=O)[C@@H](CCCNCC(=N)N)NC(=O)[C@@H]1CCCN1C(=O)[C@@H]1CSCCCC(=O)N[C@@H](Cc2ccc(Cl)cc2)C(=O)N[C@@H](Cc2cccs2)C(=O)N[C@@H](C(C)C)C(=O)N[C@@H](CC(N)=O)C(=O)N1. The van der Waals surface area contributed by atoms with Crippen molar-refractivity contribution >= 4 is 93.7 Å². The highest BCUT2D eigenvalue weighted by molar-refractivity contribution is 7.99. The largest absolute Gasteiger partial charge is 0.387 e. The first-order valence-corrected chi connectivity index (χ1v) is 26.7. The van der Waals surface area contributed by atoms with Crippen LogP contribution in [-0.4, -0.2) is 144 Å². The Kier molecular flexibility index (Phi) is 24.2. The van der Waals surface area contributed by atoms with Gasteiger partial charge < -0.3 is 58.9 Å². The van der Waals surface area contributed by atoms with E-state index in [0.717, 1.165) is 4.88 Å². The van der Waals surface area contributed by atoms with Gasteiger partial charge in [-0.1, -0.05) is 57.5 Å². The maximum atomic E-state index is 14.6. The Bertz CT molecular complexity index is 2200. The number of halogens is 1. The summed E-state index contributed by atoms with van der Waals surface area (Å²) in [5, 5.41) is 32.0. The summed E-state index contributed by atoms with van der Waals surface area (Å²) < 4.78 is 0. The smallest absolute Gasteiger partial charge is 0.246 e. The van der Waals surface area contributed by atoms with Crippen molar-refractivity contribution in [2.75, 3.05) is 37.7 Å². The van der Waals surface area contributed by atoms with Crippen LogP contribution in [0.2, 0.25) is 5.02 Å². The minimum absolute atomic E-state index is 0.0304. The second kappa shape index (κ2) is 29.7. The molecule has 0 spiro atoms. The van der Waals surface area contributed by atoms with Crippen LogP contribution in [0.1, 0.15) is 83.1 Å². The molecule has 2 aliphatic heterocycles. The van der Waals surface area contributed by atoms with Crippen LogP contribution >= 0.6 is 34.7 Å². The molecule has 21 nitrogen and oxygen atoms in total. The maximum Gasteiger partial charge on any atom is 0.246 e. The number of nitrogens with zero attached hydrogens (tertiary/aromatic N) is 1. The van der Waals surface area contributed by atoms with E-state index < -0.39 is 108 Å². The van der Waals surface area contributed by atoms with Crippen LogP contribution in [0.5, 0.6) is 0 Å². The number of hydrogen-bond acceptors (Lipinski definition) is 13. The molecule has 72 heavy (non-hydrogen) atoms. The van der Waals surface area contributed by atoms with Gasteiger partial charge in [-0.15, -0.1) is 11.3 Å². The Hall–Kier alpha value is -5.78. The van der Waals surface area contributed by atoms with Crippen LogP contribution < -0.4 is 54.0 Å². The zero-order valence-electron chi connectivity index (χ0n) is 41.3. The van der Waals surface area contributed by atoms with Gasteiger partial charge in [0.1, 0.15) is 48.1 Å². The normalized spacial score (nSPS) is 22.4. The summed E-state index contributed by atoms with van der Waals surface area (Å²) in [5.74, 6) is -6.42. The highest BCUT2D eigenvalue weighted by atomic mass is 35.5. The van der Waals surface area contributed by atoms with E-state index >= 15 is 0 Å². The van der Waals surface area contributed by atoms with Crippen molar-refractivity contribution in [3.63, 3.8) is 0 Å². The van der Waals surface area contributed by atoms with Crippen LogP contribution in [0.25, 0.3) is 0 Å². The third-order valence-corrected chi connectivity index (χ3v) is 14.1. The Morgan fingerprint density at radius 2 is 1.54 bits per heavy atom. The summed E-state index contributed by atoms with van der Waals surface area (Å²) in [6.45, 7) is 8.27.